The first kappa shape index (κ1) is 14.8. The lowest BCUT2D eigenvalue weighted by Gasteiger charge is -2.39. The summed E-state index contributed by atoms with van der Waals surface area (Å²) in [6.07, 6.45) is 7.14. The van der Waals surface area contributed by atoms with Crippen LogP contribution in [0.4, 0.5) is 4.39 Å². The molecule has 0 fully saturated rings. The summed E-state index contributed by atoms with van der Waals surface area (Å²) in [5.74, 6) is 2.31. The molecule has 1 aliphatic carbocycles. The fourth-order valence-electron chi connectivity index (χ4n) is 2.74. The molecule has 0 saturated carbocycles. The van der Waals surface area contributed by atoms with Crippen LogP contribution in [0.2, 0.25) is 0 Å². The van der Waals surface area contributed by atoms with Crippen molar-refractivity contribution in [1.82, 2.24) is 4.90 Å². The number of alkyl halides is 1. The molecule has 0 aromatic rings. The number of terminal acetylenes is 1. The van der Waals surface area contributed by atoms with Crippen molar-refractivity contribution in [3.63, 3.8) is 0 Å². The summed E-state index contributed by atoms with van der Waals surface area (Å²) in [6, 6.07) is 0. The summed E-state index contributed by atoms with van der Waals surface area (Å²) >= 11 is 0. The van der Waals surface area contributed by atoms with Gasteiger partial charge in [-0.05, 0) is 31.1 Å². The molecular formula is C15H22FNO. The van der Waals surface area contributed by atoms with Crippen LogP contribution in [-0.4, -0.2) is 24.0 Å². The fraction of sp³-hybridized carbons (Fsp3) is 0.667. The van der Waals surface area contributed by atoms with Gasteiger partial charge in [-0.1, -0.05) is 32.3 Å². The van der Waals surface area contributed by atoms with E-state index in [-0.39, 0.29) is 12.0 Å². The largest absolute Gasteiger partial charge is 0.302 e. The van der Waals surface area contributed by atoms with Crippen LogP contribution < -0.4 is 0 Å². The van der Waals surface area contributed by atoms with E-state index in [4.69, 9.17) is 6.42 Å². The lowest BCUT2D eigenvalue weighted by atomic mass is 9.71. The molecule has 1 unspecified atom stereocenters. The van der Waals surface area contributed by atoms with Crippen molar-refractivity contribution in [2.75, 3.05) is 13.2 Å². The number of hydrogen-bond acceptors (Lipinski definition) is 1. The van der Waals surface area contributed by atoms with E-state index in [0.717, 1.165) is 24.1 Å². The highest BCUT2D eigenvalue weighted by Gasteiger charge is 2.33. The molecule has 1 atom stereocenters. The van der Waals surface area contributed by atoms with E-state index in [9.17, 15) is 9.18 Å². The van der Waals surface area contributed by atoms with Crippen LogP contribution in [0.1, 0.15) is 40.5 Å². The maximum absolute atomic E-state index is 12.6. The first-order valence-electron chi connectivity index (χ1n) is 6.32. The van der Waals surface area contributed by atoms with Crippen LogP contribution in [0, 0.1) is 23.7 Å². The molecule has 0 bridgehead atoms. The maximum Gasteiger partial charge on any atom is 0.258 e. The summed E-state index contributed by atoms with van der Waals surface area (Å²) in [5.41, 5.74) is 2.20. The lowest BCUT2D eigenvalue weighted by molar-refractivity contribution is -0.130. The average molecular weight is 251 g/mol. The van der Waals surface area contributed by atoms with Crippen molar-refractivity contribution in [3.8, 4) is 12.3 Å². The van der Waals surface area contributed by atoms with Crippen LogP contribution in [0.5, 0.6) is 0 Å². The van der Waals surface area contributed by atoms with E-state index in [1.54, 1.807) is 0 Å². The Labute approximate surface area is 109 Å². The number of hydrogen-bond donors (Lipinski definition) is 0. The summed E-state index contributed by atoms with van der Waals surface area (Å²) in [6.45, 7) is 7.66. The molecule has 0 aromatic carbocycles. The molecule has 3 heteroatoms. The Kier molecular flexibility index (Phi) is 4.56. The summed E-state index contributed by atoms with van der Waals surface area (Å²) < 4.78 is 12.6. The van der Waals surface area contributed by atoms with Crippen molar-refractivity contribution >= 4 is 5.91 Å². The minimum Gasteiger partial charge on any atom is -0.302 e. The average Bonchev–Trinajstić information content (AvgIpc) is 2.29. The molecule has 0 aliphatic heterocycles. The minimum atomic E-state index is -0.993. The molecule has 0 spiro atoms. The van der Waals surface area contributed by atoms with Crippen LogP contribution in [-0.2, 0) is 4.79 Å². The highest BCUT2D eigenvalue weighted by molar-refractivity contribution is 5.79. The van der Waals surface area contributed by atoms with Crippen molar-refractivity contribution in [1.29, 1.82) is 0 Å². The third-order valence-corrected chi connectivity index (χ3v) is 3.69. The fourth-order valence-corrected chi connectivity index (χ4v) is 2.74. The van der Waals surface area contributed by atoms with Crippen molar-refractivity contribution in [2.24, 2.45) is 11.3 Å². The van der Waals surface area contributed by atoms with Crippen LogP contribution >= 0.6 is 0 Å². The smallest absolute Gasteiger partial charge is 0.258 e. The van der Waals surface area contributed by atoms with Gasteiger partial charge < -0.3 is 4.90 Å². The number of carbonyl (C=O) groups is 1. The first-order valence-corrected chi connectivity index (χ1v) is 6.32. The van der Waals surface area contributed by atoms with E-state index in [2.05, 4.69) is 26.7 Å². The predicted octanol–water partition coefficient (Wildman–Crippen LogP) is 3.15. The molecule has 2 nitrogen and oxygen atoms in total. The van der Waals surface area contributed by atoms with E-state index >= 15 is 0 Å². The molecule has 100 valence electrons. The molecule has 0 heterocycles. The molecule has 0 saturated heterocycles. The van der Waals surface area contributed by atoms with Crippen molar-refractivity contribution in [3.05, 3.63) is 11.3 Å². The molecule has 0 radical (unpaired) electrons. The molecule has 0 N–H and O–H groups in total. The van der Waals surface area contributed by atoms with Gasteiger partial charge in [0.1, 0.15) is 0 Å². The Morgan fingerprint density at radius 2 is 2.22 bits per heavy atom. The van der Waals surface area contributed by atoms with Crippen LogP contribution in [0.15, 0.2) is 11.3 Å². The third kappa shape index (κ3) is 3.13. The van der Waals surface area contributed by atoms with E-state index in [1.807, 2.05) is 6.92 Å². The summed E-state index contributed by atoms with van der Waals surface area (Å²) in [4.78, 5) is 13.1. The number of amides is 1. The Bertz CT molecular complexity index is 403. The number of rotatable bonds is 3. The monoisotopic (exact) mass is 251 g/mol. The second-order valence-corrected chi connectivity index (χ2v) is 5.89. The zero-order valence-electron chi connectivity index (χ0n) is 11.7. The zero-order chi connectivity index (χ0) is 13.9. The summed E-state index contributed by atoms with van der Waals surface area (Å²) in [5, 5.41) is 0. The standard InChI is InChI=1S/C15H22FNO/c1-6-7-17(14(18)10-16)13-9-15(4,5)8-11(2)12(13)3/h1,11H,7-10H2,2-5H3. The Hall–Kier alpha value is -1.30. The molecular weight excluding hydrogens is 229 g/mol. The molecule has 18 heavy (non-hydrogen) atoms. The van der Waals surface area contributed by atoms with Gasteiger partial charge in [-0.25, -0.2) is 4.39 Å². The second kappa shape index (κ2) is 5.56. The van der Waals surface area contributed by atoms with E-state index in [0.29, 0.717) is 5.92 Å². The first-order chi connectivity index (χ1) is 8.32. The summed E-state index contributed by atoms with van der Waals surface area (Å²) in [7, 11) is 0. The molecule has 1 rings (SSSR count). The van der Waals surface area contributed by atoms with Crippen molar-refractivity contribution < 1.29 is 9.18 Å². The predicted molar refractivity (Wildman–Crippen MR) is 71.4 cm³/mol. The number of carbonyl (C=O) groups excluding carboxylic acids is 1. The number of nitrogens with zero attached hydrogens (tertiary/aromatic N) is 1. The second-order valence-electron chi connectivity index (χ2n) is 5.89. The van der Waals surface area contributed by atoms with Gasteiger partial charge in [0.2, 0.25) is 0 Å². The van der Waals surface area contributed by atoms with Gasteiger partial charge in [-0.15, -0.1) is 6.42 Å². The highest BCUT2D eigenvalue weighted by Crippen LogP contribution is 2.42. The maximum atomic E-state index is 12.6. The van der Waals surface area contributed by atoms with Gasteiger partial charge in [0.15, 0.2) is 6.67 Å². The third-order valence-electron chi connectivity index (χ3n) is 3.69. The number of halogens is 1. The molecule has 1 amide bonds. The van der Waals surface area contributed by atoms with Crippen LogP contribution in [0.3, 0.4) is 0 Å². The lowest BCUT2D eigenvalue weighted by Crippen LogP contribution is -2.37. The topological polar surface area (TPSA) is 20.3 Å². The van der Waals surface area contributed by atoms with Gasteiger partial charge in [0, 0.05) is 5.70 Å². The Morgan fingerprint density at radius 3 is 2.72 bits per heavy atom. The zero-order valence-corrected chi connectivity index (χ0v) is 11.7. The molecule has 0 aromatic heterocycles. The van der Waals surface area contributed by atoms with Gasteiger partial charge in [0.25, 0.3) is 5.91 Å². The Morgan fingerprint density at radius 1 is 1.61 bits per heavy atom. The minimum absolute atomic E-state index is 0.123. The van der Waals surface area contributed by atoms with Gasteiger partial charge in [-0.3, -0.25) is 4.79 Å². The normalized spacial score (nSPS) is 22.6. The molecule has 1 aliphatic rings. The van der Waals surface area contributed by atoms with E-state index in [1.165, 1.54) is 4.90 Å². The SMILES string of the molecule is C#CCN(C(=O)CF)C1=C(C)C(C)CC(C)(C)C1. The quantitative estimate of drug-likeness (QED) is 0.706. The Balaban J connectivity index is 3.13. The number of allylic oxidation sites excluding steroid dienone is 2. The van der Waals surface area contributed by atoms with Crippen LogP contribution in [0.25, 0.3) is 0 Å². The van der Waals surface area contributed by atoms with Crippen molar-refractivity contribution in [2.45, 2.75) is 40.5 Å². The highest BCUT2D eigenvalue weighted by atomic mass is 19.1. The van der Waals surface area contributed by atoms with Gasteiger partial charge in [0.05, 0.1) is 6.54 Å². The van der Waals surface area contributed by atoms with E-state index < -0.39 is 12.6 Å². The van der Waals surface area contributed by atoms with Gasteiger partial charge >= 0.3 is 0 Å². The van der Waals surface area contributed by atoms with Gasteiger partial charge in [-0.2, -0.15) is 0 Å².